The van der Waals surface area contributed by atoms with E-state index in [1.807, 2.05) is 12.1 Å². The van der Waals surface area contributed by atoms with Gasteiger partial charge in [-0.25, -0.2) is 14.4 Å². The Labute approximate surface area is 252 Å². The van der Waals surface area contributed by atoms with E-state index in [1.54, 1.807) is 18.2 Å². The number of aliphatic hydroxyl groups excluding tert-OH is 1. The minimum atomic E-state index is -0.354. The van der Waals surface area contributed by atoms with Crippen molar-refractivity contribution in [2.45, 2.75) is 58.7 Å². The van der Waals surface area contributed by atoms with E-state index < -0.39 is 0 Å². The van der Waals surface area contributed by atoms with Crippen molar-refractivity contribution in [1.82, 2.24) is 19.8 Å². The highest BCUT2D eigenvalue weighted by molar-refractivity contribution is 5.96. The highest BCUT2D eigenvalue weighted by atomic mass is 19.1. The molecule has 2 aromatic carbocycles. The first-order valence-electron chi connectivity index (χ1n) is 15.4. The number of aryl methyl sites for hydroxylation is 2. The van der Waals surface area contributed by atoms with Crippen LogP contribution in [0, 0.1) is 29.0 Å². The van der Waals surface area contributed by atoms with Gasteiger partial charge in [0.1, 0.15) is 11.6 Å². The van der Waals surface area contributed by atoms with E-state index in [0.29, 0.717) is 53.1 Å². The first kappa shape index (κ1) is 29.6. The molecule has 3 saturated carbocycles. The zero-order chi connectivity index (χ0) is 30.3. The quantitative estimate of drug-likeness (QED) is 0.283. The Morgan fingerprint density at radius 1 is 1.26 bits per heavy atom. The van der Waals surface area contributed by atoms with Crippen LogP contribution < -0.4 is 20.9 Å². The Hall–Kier alpha value is -3.50. The van der Waals surface area contributed by atoms with Crippen LogP contribution in [0.3, 0.4) is 0 Å². The first-order chi connectivity index (χ1) is 20.7. The molecular weight excluding hydrogens is 547 g/mol. The van der Waals surface area contributed by atoms with Crippen LogP contribution in [0.4, 0.5) is 10.1 Å². The maximum absolute atomic E-state index is 14.4. The predicted octanol–water partition coefficient (Wildman–Crippen LogP) is 3.89. The second kappa shape index (κ2) is 11.9. The molecule has 2 bridgehead atoms. The van der Waals surface area contributed by atoms with Gasteiger partial charge in [-0.3, -0.25) is 9.36 Å². The number of fused-ring (bicyclic) bond motifs is 3. The van der Waals surface area contributed by atoms with Gasteiger partial charge in [0, 0.05) is 56.5 Å². The van der Waals surface area contributed by atoms with Crippen molar-refractivity contribution in [3.63, 3.8) is 0 Å². The summed E-state index contributed by atoms with van der Waals surface area (Å²) in [7, 11) is 1.50. The lowest BCUT2D eigenvalue weighted by Gasteiger charge is -2.61. The van der Waals surface area contributed by atoms with Gasteiger partial charge in [-0.05, 0) is 73.3 Å². The fourth-order valence-corrected chi connectivity index (χ4v) is 7.41. The lowest BCUT2D eigenvalue weighted by molar-refractivity contribution is -0.125. The number of halogens is 1. The minimum Gasteiger partial charge on any atom is -0.497 e. The van der Waals surface area contributed by atoms with Gasteiger partial charge >= 0.3 is 0 Å². The lowest BCUT2D eigenvalue weighted by atomic mass is 9.44. The number of methoxy groups -OCH3 is 1. The number of benzene rings is 2. The number of nitrogens with one attached hydrogen (secondary N) is 2. The van der Waals surface area contributed by atoms with Crippen molar-refractivity contribution in [3.8, 4) is 5.75 Å². The number of ether oxygens (including phenoxy) is 1. The molecule has 0 spiro atoms. The van der Waals surface area contributed by atoms with Gasteiger partial charge in [0.25, 0.3) is 5.56 Å². The molecule has 43 heavy (non-hydrogen) atoms. The zero-order valence-electron chi connectivity index (χ0n) is 25.5. The first-order valence-corrected chi connectivity index (χ1v) is 15.4. The molecule has 4 fully saturated rings. The standard InChI is InChI=1S/C33H43FN6O3/c1-20-17-39(12-10-35-20)32(38-30-14-22-13-27(26(30)18-41)33(22,2)3)37-23-6-8-25-29(15-23)36-19-40(31(25)42)11-9-21-5-7-24(43-4)16-28(21)34/h5-8,15-16,19-20,22,26-27,30,35,41H,9-14,17-18H2,1-4H3,(H,37,38)/t20-,22+,26-,27-,30?/m0/s1. The fourth-order valence-electron chi connectivity index (χ4n) is 7.41. The molecule has 3 N–H and O–H groups in total. The van der Waals surface area contributed by atoms with E-state index in [1.165, 1.54) is 30.5 Å². The Kier molecular flexibility index (Phi) is 8.17. The largest absolute Gasteiger partial charge is 0.497 e. The number of rotatable bonds is 7. The average Bonchev–Trinajstić information content (AvgIpc) is 3.00. The Morgan fingerprint density at radius 3 is 2.81 bits per heavy atom. The molecule has 10 heteroatoms. The van der Waals surface area contributed by atoms with Crippen LogP contribution in [0.2, 0.25) is 0 Å². The van der Waals surface area contributed by atoms with Gasteiger partial charge < -0.3 is 25.4 Å². The molecule has 1 aromatic heterocycles. The van der Waals surface area contributed by atoms with Crippen molar-refractivity contribution in [1.29, 1.82) is 0 Å². The van der Waals surface area contributed by atoms with E-state index in [4.69, 9.17) is 9.73 Å². The maximum Gasteiger partial charge on any atom is 0.261 e. The van der Waals surface area contributed by atoms with Gasteiger partial charge in [0.2, 0.25) is 0 Å². The summed E-state index contributed by atoms with van der Waals surface area (Å²) in [6, 6.07) is 10.7. The molecule has 7 rings (SSSR count). The van der Waals surface area contributed by atoms with Gasteiger partial charge in [-0.2, -0.15) is 0 Å². The van der Waals surface area contributed by atoms with Gasteiger partial charge in [-0.15, -0.1) is 0 Å². The third-order valence-corrected chi connectivity index (χ3v) is 10.2. The maximum atomic E-state index is 14.4. The Morgan fingerprint density at radius 2 is 2.09 bits per heavy atom. The number of anilines is 1. The average molecular weight is 591 g/mol. The second-order valence-corrected chi connectivity index (χ2v) is 13.1. The van der Waals surface area contributed by atoms with Crippen LogP contribution in [0.25, 0.3) is 10.9 Å². The van der Waals surface area contributed by atoms with Crippen LogP contribution in [-0.4, -0.2) is 71.0 Å². The molecule has 4 aliphatic rings. The molecule has 0 amide bonds. The molecule has 3 aliphatic carbocycles. The SMILES string of the molecule is COc1ccc(CCn2cnc3cc(N/C(=N/C4C[C@H]5C[C@@H]([C@@H]4CO)C5(C)C)N4CCN[C@@H](C)C4)ccc3c2=O)c(F)c1. The minimum absolute atomic E-state index is 0.0655. The van der Waals surface area contributed by atoms with Crippen LogP contribution in [0.1, 0.15) is 39.2 Å². The fraction of sp³-hybridized carbons (Fsp3) is 0.545. The summed E-state index contributed by atoms with van der Waals surface area (Å²) in [6.45, 7) is 9.83. The third-order valence-electron chi connectivity index (χ3n) is 10.2. The number of aliphatic imine (C=N–C) groups is 1. The van der Waals surface area contributed by atoms with Crippen molar-refractivity contribution in [3.05, 3.63) is 64.5 Å². The summed E-state index contributed by atoms with van der Waals surface area (Å²) < 4.78 is 21.0. The van der Waals surface area contributed by atoms with Crippen LogP contribution in [-0.2, 0) is 13.0 Å². The normalized spacial score (nSPS) is 26.7. The molecule has 1 unspecified atom stereocenters. The topological polar surface area (TPSA) is 104 Å². The lowest BCUT2D eigenvalue weighted by Crippen LogP contribution is -2.59. The van der Waals surface area contributed by atoms with Crippen LogP contribution >= 0.6 is 0 Å². The molecule has 5 atom stereocenters. The zero-order valence-corrected chi connectivity index (χ0v) is 25.5. The number of hydrogen-bond acceptors (Lipinski definition) is 6. The molecule has 1 aliphatic heterocycles. The summed E-state index contributed by atoms with van der Waals surface area (Å²) >= 11 is 0. The smallest absolute Gasteiger partial charge is 0.261 e. The van der Waals surface area contributed by atoms with Crippen molar-refractivity contribution >= 4 is 22.5 Å². The highest BCUT2D eigenvalue weighted by Gasteiger charge is 2.57. The molecule has 3 aromatic rings. The number of aromatic nitrogens is 2. The van der Waals surface area contributed by atoms with E-state index in [-0.39, 0.29) is 35.4 Å². The van der Waals surface area contributed by atoms with Gasteiger partial charge in [0.15, 0.2) is 5.96 Å². The number of nitrogens with zero attached hydrogens (tertiary/aromatic N) is 4. The monoisotopic (exact) mass is 590 g/mol. The van der Waals surface area contributed by atoms with Gasteiger partial charge in [0.05, 0.1) is 30.4 Å². The molecule has 0 radical (unpaired) electrons. The van der Waals surface area contributed by atoms with Crippen molar-refractivity contribution in [2.24, 2.45) is 28.2 Å². The van der Waals surface area contributed by atoms with Crippen LogP contribution in [0.15, 0.2) is 52.5 Å². The number of hydrogen-bond donors (Lipinski definition) is 3. The molecule has 230 valence electrons. The van der Waals surface area contributed by atoms with E-state index in [9.17, 15) is 14.3 Å². The van der Waals surface area contributed by atoms with E-state index in [2.05, 4.69) is 41.3 Å². The summed E-state index contributed by atoms with van der Waals surface area (Å²) in [4.78, 5) is 25.5. The van der Waals surface area contributed by atoms with Gasteiger partial charge in [-0.1, -0.05) is 19.9 Å². The summed E-state index contributed by atoms with van der Waals surface area (Å²) in [5.74, 6) is 2.19. The number of piperazine rings is 1. The van der Waals surface area contributed by atoms with Crippen LogP contribution in [0.5, 0.6) is 5.75 Å². The number of aliphatic hydroxyl groups is 1. The molecule has 9 nitrogen and oxygen atoms in total. The Balaban J connectivity index is 1.23. The predicted molar refractivity (Wildman–Crippen MR) is 167 cm³/mol. The van der Waals surface area contributed by atoms with Crippen molar-refractivity contribution < 1.29 is 14.2 Å². The summed E-state index contributed by atoms with van der Waals surface area (Å²) in [5, 5.41) is 18.0. The second-order valence-electron chi connectivity index (χ2n) is 13.1. The Bertz CT molecular complexity index is 1570. The highest BCUT2D eigenvalue weighted by Crippen LogP contribution is 2.61. The molecular formula is C33H43FN6O3. The molecule has 1 saturated heterocycles. The van der Waals surface area contributed by atoms with E-state index in [0.717, 1.165) is 37.7 Å². The summed E-state index contributed by atoms with van der Waals surface area (Å²) in [5.41, 5.74) is 2.01. The molecule has 2 heterocycles. The van der Waals surface area contributed by atoms with Crippen molar-refractivity contribution in [2.75, 3.05) is 38.7 Å². The summed E-state index contributed by atoms with van der Waals surface area (Å²) in [6.07, 6.45) is 4.06. The number of guanidine groups is 1. The third kappa shape index (κ3) is 5.74. The van der Waals surface area contributed by atoms with E-state index >= 15 is 0 Å².